The molecule has 0 fully saturated rings. The summed E-state index contributed by atoms with van der Waals surface area (Å²) < 4.78 is 46.3. The third-order valence-electron chi connectivity index (χ3n) is 2.90. The monoisotopic (exact) mass is 344 g/mol. The van der Waals surface area contributed by atoms with Crippen molar-refractivity contribution in [3.63, 3.8) is 0 Å². The molecule has 0 aliphatic carbocycles. The molecule has 10 heteroatoms. The van der Waals surface area contributed by atoms with Gasteiger partial charge in [-0.2, -0.15) is 18.2 Å². The zero-order valence-electron chi connectivity index (χ0n) is 12.8. The molecule has 2 rings (SSSR count). The summed E-state index contributed by atoms with van der Waals surface area (Å²) in [5.74, 6) is -1.63. The first-order valence-corrected chi connectivity index (χ1v) is 7.17. The van der Waals surface area contributed by atoms with E-state index in [1.54, 1.807) is 0 Å². The minimum Gasteiger partial charge on any atom is -0.450 e. The van der Waals surface area contributed by atoms with Crippen molar-refractivity contribution in [1.29, 1.82) is 0 Å². The highest BCUT2D eigenvalue weighted by molar-refractivity contribution is 5.67. The Morgan fingerprint density at radius 2 is 2.17 bits per heavy atom. The minimum absolute atomic E-state index is 0.130. The Morgan fingerprint density at radius 1 is 1.38 bits per heavy atom. The van der Waals surface area contributed by atoms with Gasteiger partial charge in [-0.15, -0.1) is 0 Å². The Morgan fingerprint density at radius 3 is 2.75 bits per heavy atom. The quantitative estimate of drug-likeness (QED) is 0.810. The van der Waals surface area contributed by atoms with Crippen molar-refractivity contribution < 1.29 is 27.2 Å². The minimum atomic E-state index is -4.69. The Balaban J connectivity index is 1.91. The van der Waals surface area contributed by atoms with E-state index >= 15 is 0 Å². The van der Waals surface area contributed by atoms with Crippen LogP contribution >= 0.6 is 0 Å². The number of alkyl halides is 3. The van der Waals surface area contributed by atoms with E-state index < -0.39 is 18.2 Å². The Kier molecular flexibility index (Phi) is 5.72. The van der Waals surface area contributed by atoms with Gasteiger partial charge in [-0.1, -0.05) is 18.5 Å². The maximum Gasteiger partial charge on any atom is 0.471 e. The van der Waals surface area contributed by atoms with E-state index in [1.807, 2.05) is 6.92 Å². The Bertz CT molecular complexity index is 671. The predicted octanol–water partition coefficient (Wildman–Crippen LogP) is 3.18. The number of hydrogen-bond acceptors (Lipinski definition) is 6. The lowest BCUT2D eigenvalue weighted by atomic mass is 10.2. The van der Waals surface area contributed by atoms with E-state index in [9.17, 15) is 18.0 Å². The van der Waals surface area contributed by atoms with Gasteiger partial charge in [0.15, 0.2) is 0 Å². The van der Waals surface area contributed by atoms with Crippen molar-refractivity contribution in [3.8, 4) is 11.4 Å². The number of unbranched alkanes of at least 4 members (excludes halogenated alkanes) is 1. The molecule has 0 saturated carbocycles. The van der Waals surface area contributed by atoms with Gasteiger partial charge in [-0.25, -0.2) is 4.79 Å². The summed E-state index contributed by atoms with van der Waals surface area (Å²) in [5, 5.41) is 5.78. The van der Waals surface area contributed by atoms with Crippen molar-refractivity contribution >= 4 is 6.09 Å². The van der Waals surface area contributed by atoms with Crippen LogP contribution in [0.4, 0.5) is 18.0 Å². The molecule has 0 bridgehead atoms. The van der Waals surface area contributed by atoms with Crippen molar-refractivity contribution in [1.82, 2.24) is 20.4 Å². The van der Waals surface area contributed by atoms with E-state index in [-0.39, 0.29) is 17.9 Å². The molecule has 24 heavy (non-hydrogen) atoms. The summed E-state index contributed by atoms with van der Waals surface area (Å²) in [6, 6.07) is 3.02. The van der Waals surface area contributed by atoms with Gasteiger partial charge >= 0.3 is 18.2 Å². The predicted molar refractivity (Wildman–Crippen MR) is 75.6 cm³/mol. The molecule has 0 atom stereocenters. The number of carbonyl (C=O) groups is 1. The number of rotatable bonds is 6. The van der Waals surface area contributed by atoms with Gasteiger partial charge in [0, 0.05) is 11.8 Å². The molecular weight excluding hydrogens is 329 g/mol. The highest BCUT2D eigenvalue weighted by atomic mass is 19.4. The lowest BCUT2D eigenvalue weighted by molar-refractivity contribution is -0.159. The normalized spacial score (nSPS) is 11.3. The molecule has 0 spiro atoms. The Labute approximate surface area is 135 Å². The van der Waals surface area contributed by atoms with Crippen molar-refractivity contribution in [2.24, 2.45) is 0 Å². The van der Waals surface area contributed by atoms with E-state index in [4.69, 9.17) is 4.74 Å². The molecule has 0 radical (unpaired) electrons. The van der Waals surface area contributed by atoms with Crippen LogP contribution in [0.15, 0.2) is 22.9 Å². The highest BCUT2D eigenvalue weighted by Gasteiger charge is 2.38. The second-order valence-corrected chi connectivity index (χ2v) is 4.80. The number of carbonyl (C=O) groups excluding carboxylic acids is 1. The summed E-state index contributed by atoms with van der Waals surface area (Å²) in [4.78, 5) is 18.7. The Hall–Kier alpha value is -2.65. The number of pyridine rings is 1. The van der Waals surface area contributed by atoms with E-state index in [1.165, 1.54) is 18.3 Å². The van der Waals surface area contributed by atoms with Crippen LogP contribution in [-0.2, 0) is 17.5 Å². The zero-order valence-corrected chi connectivity index (χ0v) is 12.8. The summed E-state index contributed by atoms with van der Waals surface area (Å²) in [6.07, 6.45) is -2.25. The van der Waals surface area contributed by atoms with E-state index in [0.29, 0.717) is 12.3 Å². The molecular formula is C14H15F3N4O3. The van der Waals surface area contributed by atoms with Crippen LogP contribution in [0.3, 0.4) is 0 Å². The van der Waals surface area contributed by atoms with Crippen molar-refractivity contribution in [2.45, 2.75) is 32.5 Å². The zero-order chi connectivity index (χ0) is 17.6. The first-order chi connectivity index (χ1) is 11.4. The number of amides is 1. The molecule has 0 unspecified atom stereocenters. The molecule has 0 aliphatic heterocycles. The number of ether oxygens (including phenoxy) is 1. The lowest BCUT2D eigenvalue weighted by Gasteiger charge is -2.06. The van der Waals surface area contributed by atoms with Crippen molar-refractivity contribution in [2.75, 3.05) is 6.61 Å². The fraction of sp³-hybridized carbons (Fsp3) is 0.429. The molecule has 0 aliphatic rings. The van der Waals surface area contributed by atoms with Gasteiger partial charge in [0.05, 0.1) is 18.8 Å². The average Bonchev–Trinajstić information content (AvgIpc) is 3.04. The van der Waals surface area contributed by atoms with Crippen LogP contribution in [0.1, 0.15) is 31.4 Å². The highest BCUT2D eigenvalue weighted by Crippen LogP contribution is 2.29. The van der Waals surface area contributed by atoms with Crippen LogP contribution in [0, 0.1) is 0 Å². The van der Waals surface area contributed by atoms with Gasteiger partial charge in [0.2, 0.25) is 5.82 Å². The molecule has 2 aromatic rings. The fourth-order valence-corrected chi connectivity index (χ4v) is 1.64. The molecule has 1 amide bonds. The maximum absolute atomic E-state index is 12.4. The third-order valence-corrected chi connectivity index (χ3v) is 2.90. The third kappa shape index (κ3) is 4.93. The lowest BCUT2D eigenvalue weighted by Crippen LogP contribution is -2.24. The first-order valence-electron chi connectivity index (χ1n) is 7.17. The van der Waals surface area contributed by atoms with Gasteiger partial charge in [0.25, 0.3) is 0 Å². The molecule has 2 aromatic heterocycles. The van der Waals surface area contributed by atoms with E-state index in [2.05, 4.69) is 25.0 Å². The second kappa shape index (κ2) is 7.75. The standard InChI is InChI=1S/C14H15F3N4O3/c1-2-3-6-23-13(22)19-8-10-5-4-9(7-18-10)11-20-12(24-21-11)14(15,16)17/h4-5,7H,2-3,6,8H2,1H3,(H,19,22). The molecule has 0 saturated heterocycles. The van der Waals surface area contributed by atoms with Crippen LogP contribution in [0.25, 0.3) is 11.4 Å². The molecule has 130 valence electrons. The average molecular weight is 344 g/mol. The molecule has 0 aromatic carbocycles. The first kappa shape index (κ1) is 17.7. The van der Waals surface area contributed by atoms with Crippen LogP contribution < -0.4 is 5.32 Å². The van der Waals surface area contributed by atoms with Crippen LogP contribution in [-0.4, -0.2) is 27.8 Å². The summed E-state index contributed by atoms with van der Waals surface area (Å²) in [7, 11) is 0. The number of hydrogen-bond donors (Lipinski definition) is 1. The summed E-state index contributed by atoms with van der Waals surface area (Å²) >= 11 is 0. The molecule has 1 N–H and O–H groups in total. The number of alkyl carbamates (subject to hydrolysis) is 1. The fourth-order valence-electron chi connectivity index (χ4n) is 1.64. The van der Waals surface area contributed by atoms with Gasteiger partial charge in [0.1, 0.15) is 0 Å². The van der Waals surface area contributed by atoms with Crippen molar-refractivity contribution in [3.05, 3.63) is 29.9 Å². The van der Waals surface area contributed by atoms with Gasteiger partial charge in [-0.3, -0.25) is 4.98 Å². The van der Waals surface area contributed by atoms with Gasteiger partial charge < -0.3 is 14.6 Å². The number of nitrogens with one attached hydrogen (secondary N) is 1. The van der Waals surface area contributed by atoms with Gasteiger partial charge in [-0.05, 0) is 18.6 Å². The number of aromatic nitrogens is 3. The number of nitrogens with zero attached hydrogens (tertiary/aromatic N) is 3. The smallest absolute Gasteiger partial charge is 0.450 e. The topological polar surface area (TPSA) is 90.1 Å². The largest absolute Gasteiger partial charge is 0.471 e. The summed E-state index contributed by atoms with van der Waals surface area (Å²) in [5.41, 5.74) is 0.772. The molecule has 7 nitrogen and oxygen atoms in total. The summed E-state index contributed by atoms with van der Waals surface area (Å²) in [6.45, 7) is 2.45. The van der Waals surface area contributed by atoms with Crippen LogP contribution in [0.5, 0.6) is 0 Å². The molecule has 2 heterocycles. The van der Waals surface area contributed by atoms with Crippen LogP contribution in [0.2, 0.25) is 0 Å². The SMILES string of the molecule is CCCCOC(=O)NCc1ccc(-c2noc(C(F)(F)F)n2)cn1. The second-order valence-electron chi connectivity index (χ2n) is 4.80. The maximum atomic E-state index is 12.4. The number of halogens is 3. The van der Waals surface area contributed by atoms with E-state index in [0.717, 1.165) is 12.8 Å².